The van der Waals surface area contributed by atoms with Crippen molar-refractivity contribution in [1.82, 2.24) is 24.6 Å². The van der Waals surface area contributed by atoms with Crippen LogP contribution in [0.3, 0.4) is 0 Å². The molecule has 12 nitrogen and oxygen atoms in total. The Hall–Kier alpha value is -1.24. The summed E-state index contributed by atoms with van der Waals surface area (Å²) < 4.78 is 0. The fourth-order valence-corrected chi connectivity index (χ4v) is 0. The molecule has 0 N–H and O–H groups in total. The van der Waals surface area contributed by atoms with Crippen LogP contribution >= 0.6 is 0 Å². The SMILES string of the molecule is O=[N+]([O-])[O-].O=[N+]([O-])[O-].[Cu+2].[N].[N].[N].[N]. The van der Waals surface area contributed by atoms with Gasteiger partial charge in [-0.2, -0.15) is 0 Å². The maximum Gasteiger partial charge on any atom is 2.00 e. The van der Waals surface area contributed by atoms with Crippen LogP contribution in [0.25, 0.3) is 0 Å². The second-order valence-electron chi connectivity index (χ2n) is 0.447. The first kappa shape index (κ1) is 60.1. The summed E-state index contributed by atoms with van der Waals surface area (Å²) in [7, 11) is 0. The Labute approximate surface area is 83.3 Å². The minimum atomic E-state index is -1.75. The van der Waals surface area contributed by atoms with Gasteiger partial charge in [0, 0.05) is 24.6 Å². The van der Waals surface area contributed by atoms with Gasteiger partial charge in [-0.3, -0.25) is 0 Å². The summed E-state index contributed by atoms with van der Waals surface area (Å²) in [5, 5.41) is 29.5. The van der Waals surface area contributed by atoms with E-state index in [0.717, 1.165) is 0 Å². The zero-order valence-corrected chi connectivity index (χ0v) is 6.38. The summed E-state index contributed by atoms with van der Waals surface area (Å²) >= 11 is 0. The molecule has 0 fully saturated rings. The molecule has 0 aromatic carbocycles. The molecule has 13 radical (unpaired) electrons. The van der Waals surface area contributed by atoms with E-state index < -0.39 is 10.2 Å². The molecule has 0 saturated carbocycles. The topological polar surface area (TPSA) is 254 Å². The maximum absolute atomic E-state index is 8.25. The van der Waals surface area contributed by atoms with E-state index in [1.54, 1.807) is 0 Å². The molecular formula is CuN6O6. The number of hydrogen-bond donors (Lipinski definition) is 0. The van der Waals surface area contributed by atoms with Crippen molar-refractivity contribution in [3.63, 3.8) is 0 Å². The molecule has 0 aliphatic rings. The maximum atomic E-state index is 8.25. The third kappa shape index (κ3) is 536. The fourth-order valence-electron chi connectivity index (χ4n) is 0. The van der Waals surface area contributed by atoms with Gasteiger partial charge in [0.1, 0.15) is 0 Å². The summed E-state index contributed by atoms with van der Waals surface area (Å²) in [6, 6.07) is 0. The molecule has 0 aromatic rings. The minimum Gasteiger partial charge on any atom is -0.356 e. The van der Waals surface area contributed by atoms with Crippen molar-refractivity contribution in [2.45, 2.75) is 0 Å². The molecule has 77 valence electrons. The molecule has 0 atom stereocenters. The van der Waals surface area contributed by atoms with Crippen LogP contribution in [0, 0.1) is 30.6 Å². The molecule has 0 aliphatic carbocycles. The Balaban J connectivity index is -0.00000000800. The Morgan fingerprint density at radius 3 is 0.615 bits per heavy atom. The van der Waals surface area contributed by atoms with Crippen LogP contribution in [-0.2, 0) is 17.1 Å². The van der Waals surface area contributed by atoms with Crippen LogP contribution in [0.2, 0.25) is 0 Å². The van der Waals surface area contributed by atoms with Gasteiger partial charge in [0.15, 0.2) is 0 Å². The Morgan fingerprint density at radius 1 is 0.615 bits per heavy atom. The van der Waals surface area contributed by atoms with Gasteiger partial charge >= 0.3 is 17.1 Å². The normalized spacial score (nSPS) is 3.69. The van der Waals surface area contributed by atoms with E-state index in [9.17, 15) is 0 Å². The van der Waals surface area contributed by atoms with Crippen molar-refractivity contribution in [2.75, 3.05) is 0 Å². The predicted molar refractivity (Wildman–Crippen MR) is 29.3 cm³/mol. The Morgan fingerprint density at radius 2 is 0.615 bits per heavy atom. The smallest absolute Gasteiger partial charge is 0.356 e. The second-order valence-corrected chi connectivity index (χ2v) is 0.447. The molecule has 0 saturated heterocycles. The van der Waals surface area contributed by atoms with Gasteiger partial charge in [0.25, 0.3) is 0 Å². The Kier molecular flexibility index (Phi) is 209. The zero-order chi connectivity index (χ0) is 7.15. The van der Waals surface area contributed by atoms with Crippen molar-refractivity contribution >= 4 is 0 Å². The van der Waals surface area contributed by atoms with Crippen LogP contribution < -0.4 is 24.6 Å². The van der Waals surface area contributed by atoms with E-state index in [0.29, 0.717) is 0 Å². The molecule has 0 heterocycles. The standard InChI is InChI=1S/Cu.2NO3.4N/c;2*2-1(3)4;;;;/q+2;2*-1;;;;. The minimum absolute atomic E-state index is 0. The summed E-state index contributed by atoms with van der Waals surface area (Å²) in [5.41, 5.74) is 0. The van der Waals surface area contributed by atoms with Gasteiger partial charge in [0.05, 0.1) is 10.2 Å². The molecule has 0 rings (SSSR count). The first-order valence-electron chi connectivity index (χ1n) is 1.10. The predicted octanol–water partition coefficient (Wildman–Crippen LogP) is -2.40. The van der Waals surface area contributed by atoms with Crippen molar-refractivity contribution < 1.29 is 27.2 Å². The summed E-state index contributed by atoms with van der Waals surface area (Å²) in [4.78, 5) is 16.5. The molecule has 0 aromatic heterocycles. The quantitative estimate of drug-likeness (QED) is 0.254. The van der Waals surface area contributed by atoms with Crippen LogP contribution in [0.5, 0.6) is 0 Å². The molecule has 0 amide bonds. The molecule has 0 unspecified atom stereocenters. The third-order valence-corrected chi connectivity index (χ3v) is 0. The van der Waals surface area contributed by atoms with Gasteiger partial charge in [-0.05, 0) is 0 Å². The van der Waals surface area contributed by atoms with Crippen molar-refractivity contribution in [1.29, 1.82) is 0 Å². The van der Waals surface area contributed by atoms with Crippen LogP contribution in [-0.4, -0.2) is 10.2 Å². The molecule has 13 heteroatoms. The average Bonchev–Trinajstić information content (AvgIpc) is 1.25. The number of rotatable bonds is 0. The van der Waals surface area contributed by atoms with Gasteiger partial charge < -0.3 is 30.6 Å². The van der Waals surface area contributed by atoms with Crippen molar-refractivity contribution in [3.05, 3.63) is 30.6 Å². The van der Waals surface area contributed by atoms with E-state index in [1.807, 2.05) is 0 Å². The van der Waals surface area contributed by atoms with Crippen LogP contribution in [0.4, 0.5) is 0 Å². The molecule has 0 bridgehead atoms. The summed E-state index contributed by atoms with van der Waals surface area (Å²) in [6.07, 6.45) is 0. The van der Waals surface area contributed by atoms with Crippen molar-refractivity contribution in [2.24, 2.45) is 0 Å². The van der Waals surface area contributed by atoms with Gasteiger partial charge in [-0.25, -0.2) is 0 Å². The van der Waals surface area contributed by atoms with Gasteiger partial charge in [-0.1, -0.05) is 0 Å². The zero-order valence-electron chi connectivity index (χ0n) is 5.43. The van der Waals surface area contributed by atoms with E-state index in [4.69, 9.17) is 30.6 Å². The average molecular weight is 244 g/mol. The van der Waals surface area contributed by atoms with E-state index >= 15 is 0 Å². The van der Waals surface area contributed by atoms with Crippen LogP contribution in [0.15, 0.2) is 0 Å². The second kappa shape index (κ2) is 45.2. The fraction of sp³-hybridized carbons (Fsp3) is 0. The first-order chi connectivity index (χ1) is 3.46. The molecular weight excluding hydrogens is 244 g/mol. The Bertz CT molecular complexity index is 75.1. The first-order valence-corrected chi connectivity index (χ1v) is 1.10. The summed E-state index contributed by atoms with van der Waals surface area (Å²) in [6.45, 7) is 0. The van der Waals surface area contributed by atoms with E-state index in [-0.39, 0.29) is 41.7 Å². The third-order valence-electron chi connectivity index (χ3n) is 0. The monoisotopic (exact) mass is 243 g/mol. The molecule has 13 heavy (non-hydrogen) atoms. The number of nitrogens with zero attached hydrogens (tertiary/aromatic N) is 6. The van der Waals surface area contributed by atoms with E-state index in [2.05, 4.69) is 0 Å². The van der Waals surface area contributed by atoms with Crippen LogP contribution in [0.1, 0.15) is 0 Å². The van der Waals surface area contributed by atoms with E-state index in [1.165, 1.54) is 0 Å². The van der Waals surface area contributed by atoms with Crippen molar-refractivity contribution in [3.8, 4) is 0 Å². The number of hydrogen-bond acceptors (Lipinski definition) is 6. The molecule has 0 aliphatic heterocycles. The van der Waals surface area contributed by atoms with Gasteiger partial charge in [-0.15, -0.1) is 0 Å². The van der Waals surface area contributed by atoms with Gasteiger partial charge in [0.2, 0.25) is 0 Å². The summed E-state index contributed by atoms with van der Waals surface area (Å²) in [5.74, 6) is 0. The molecule has 0 spiro atoms. The largest absolute Gasteiger partial charge is 2.00 e.